The Morgan fingerprint density at radius 1 is 1.12 bits per heavy atom. The van der Waals surface area contributed by atoms with Crippen molar-refractivity contribution in [2.75, 3.05) is 4.72 Å². The molecular weight excluding hydrogens is 336 g/mol. The second-order valence-electron chi connectivity index (χ2n) is 7.18. The lowest BCUT2D eigenvalue weighted by Crippen LogP contribution is -2.15. The first kappa shape index (κ1) is 17.4. The Morgan fingerprint density at radius 2 is 1.76 bits per heavy atom. The number of nitrogens with one attached hydrogen (secondary N) is 1. The number of fused-ring (bicyclic) bond motifs is 1. The third-order valence-electron chi connectivity index (χ3n) is 4.15. The highest BCUT2D eigenvalue weighted by molar-refractivity contribution is 7.92. The summed E-state index contributed by atoms with van der Waals surface area (Å²) in [5.74, 6) is 0. The van der Waals surface area contributed by atoms with Gasteiger partial charge in [-0.25, -0.2) is 13.4 Å². The zero-order valence-corrected chi connectivity index (χ0v) is 15.8. The van der Waals surface area contributed by atoms with Gasteiger partial charge in [0.15, 0.2) is 5.65 Å². The van der Waals surface area contributed by atoms with E-state index in [1.165, 1.54) is 6.20 Å². The summed E-state index contributed by atoms with van der Waals surface area (Å²) in [4.78, 5) is 4.52. The van der Waals surface area contributed by atoms with Crippen molar-refractivity contribution < 1.29 is 8.42 Å². The molecule has 0 aliphatic rings. The van der Waals surface area contributed by atoms with Gasteiger partial charge in [-0.2, -0.15) is 5.10 Å². The van der Waals surface area contributed by atoms with Crippen LogP contribution in [0.1, 0.15) is 32.0 Å². The molecule has 7 heteroatoms. The molecule has 0 aliphatic carbocycles. The largest absolute Gasteiger partial charge is 0.278 e. The van der Waals surface area contributed by atoms with E-state index in [-0.39, 0.29) is 10.3 Å². The minimum absolute atomic E-state index is 0.0253. The van der Waals surface area contributed by atoms with Crippen LogP contribution in [0.3, 0.4) is 0 Å². The van der Waals surface area contributed by atoms with Gasteiger partial charge in [-0.05, 0) is 36.1 Å². The molecule has 2 heterocycles. The van der Waals surface area contributed by atoms with Crippen LogP contribution in [0.2, 0.25) is 0 Å². The summed E-state index contributed by atoms with van der Waals surface area (Å²) in [6.45, 7) is 8.14. The molecule has 0 radical (unpaired) electrons. The predicted molar refractivity (Wildman–Crippen MR) is 99.2 cm³/mol. The Balaban J connectivity index is 1.92. The van der Waals surface area contributed by atoms with E-state index in [1.807, 2.05) is 26.1 Å². The number of hydrogen-bond acceptors (Lipinski definition) is 4. The molecule has 2 aromatic heterocycles. The number of rotatable bonds is 3. The monoisotopic (exact) mass is 358 g/mol. The number of pyridine rings is 1. The topological polar surface area (TPSA) is 76.9 Å². The van der Waals surface area contributed by atoms with Gasteiger partial charge in [0.2, 0.25) is 0 Å². The van der Waals surface area contributed by atoms with Crippen LogP contribution in [-0.2, 0) is 22.5 Å². The molecule has 0 fully saturated rings. The van der Waals surface area contributed by atoms with Gasteiger partial charge < -0.3 is 0 Å². The first-order chi connectivity index (χ1) is 11.6. The molecule has 3 rings (SSSR count). The minimum atomic E-state index is -3.67. The molecule has 0 spiro atoms. The fourth-order valence-corrected chi connectivity index (χ4v) is 3.75. The van der Waals surface area contributed by atoms with E-state index in [9.17, 15) is 8.42 Å². The molecule has 0 amide bonds. The maximum Gasteiger partial charge on any atom is 0.261 e. The Morgan fingerprint density at radius 3 is 2.36 bits per heavy atom. The average Bonchev–Trinajstić information content (AvgIpc) is 2.80. The molecule has 0 saturated carbocycles. The van der Waals surface area contributed by atoms with Gasteiger partial charge >= 0.3 is 0 Å². The molecule has 3 aromatic rings. The number of aromatic nitrogens is 3. The fourth-order valence-electron chi connectivity index (χ4n) is 2.71. The first-order valence-corrected chi connectivity index (χ1v) is 9.49. The van der Waals surface area contributed by atoms with E-state index in [0.717, 1.165) is 22.3 Å². The SMILES string of the molecule is Cc1nn(C)c2ncc(NS(=O)(=O)c3ccc(C(C)(C)C)cc3)cc12. The van der Waals surface area contributed by atoms with E-state index in [2.05, 4.69) is 35.6 Å². The third kappa shape index (κ3) is 3.37. The van der Waals surface area contributed by atoms with Crippen molar-refractivity contribution in [2.24, 2.45) is 7.05 Å². The summed E-state index contributed by atoms with van der Waals surface area (Å²) >= 11 is 0. The van der Waals surface area contributed by atoms with Crippen molar-refractivity contribution in [1.82, 2.24) is 14.8 Å². The summed E-state index contributed by atoms with van der Waals surface area (Å²) in [6.07, 6.45) is 1.50. The minimum Gasteiger partial charge on any atom is -0.278 e. The van der Waals surface area contributed by atoms with E-state index in [1.54, 1.807) is 22.9 Å². The number of aryl methyl sites for hydroxylation is 2. The normalized spacial score (nSPS) is 12.5. The molecule has 0 aliphatic heterocycles. The highest BCUT2D eigenvalue weighted by Gasteiger charge is 2.18. The second-order valence-corrected chi connectivity index (χ2v) is 8.87. The van der Waals surface area contributed by atoms with Crippen molar-refractivity contribution in [3.8, 4) is 0 Å². The summed E-state index contributed by atoms with van der Waals surface area (Å²) in [5.41, 5.74) is 3.00. The smallest absolute Gasteiger partial charge is 0.261 e. The molecule has 0 bridgehead atoms. The number of benzene rings is 1. The summed E-state index contributed by atoms with van der Waals surface area (Å²) < 4.78 is 29.5. The Hall–Kier alpha value is -2.41. The van der Waals surface area contributed by atoms with Gasteiger partial charge in [0, 0.05) is 12.4 Å². The van der Waals surface area contributed by atoms with Gasteiger partial charge in [0.1, 0.15) is 0 Å². The second kappa shape index (κ2) is 5.84. The molecule has 1 aromatic carbocycles. The van der Waals surface area contributed by atoms with E-state index in [4.69, 9.17) is 0 Å². The Labute approximate surface area is 147 Å². The van der Waals surface area contributed by atoms with Crippen LogP contribution in [0.15, 0.2) is 41.4 Å². The van der Waals surface area contributed by atoms with E-state index >= 15 is 0 Å². The molecule has 25 heavy (non-hydrogen) atoms. The van der Waals surface area contributed by atoms with E-state index in [0.29, 0.717) is 5.69 Å². The molecule has 0 unspecified atom stereocenters. The predicted octanol–water partition coefficient (Wildman–Crippen LogP) is 3.38. The average molecular weight is 358 g/mol. The molecule has 1 N–H and O–H groups in total. The van der Waals surface area contributed by atoms with Crippen molar-refractivity contribution in [3.05, 3.63) is 47.8 Å². The first-order valence-electron chi connectivity index (χ1n) is 8.01. The van der Waals surface area contributed by atoms with Gasteiger partial charge in [0.05, 0.1) is 22.5 Å². The van der Waals surface area contributed by atoms with Gasteiger partial charge in [-0.1, -0.05) is 32.9 Å². The fraction of sp³-hybridized carbons (Fsp3) is 0.333. The van der Waals surface area contributed by atoms with Crippen LogP contribution in [0.25, 0.3) is 11.0 Å². The van der Waals surface area contributed by atoms with Crippen molar-refractivity contribution >= 4 is 26.7 Å². The van der Waals surface area contributed by atoms with Crippen LogP contribution in [0.5, 0.6) is 0 Å². The Kier molecular flexibility index (Phi) is 4.07. The summed E-state index contributed by atoms with van der Waals surface area (Å²) in [5, 5.41) is 5.12. The Bertz CT molecular complexity index is 1030. The van der Waals surface area contributed by atoms with Crippen molar-refractivity contribution in [1.29, 1.82) is 0 Å². The summed E-state index contributed by atoms with van der Waals surface area (Å²) in [7, 11) is -1.86. The lowest BCUT2D eigenvalue weighted by Gasteiger charge is -2.19. The zero-order chi connectivity index (χ0) is 18.4. The maximum atomic E-state index is 12.6. The molecule has 6 nitrogen and oxygen atoms in total. The maximum absolute atomic E-state index is 12.6. The highest BCUT2D eigenvalue weighted by Crippen LogP contribution is 2.25. The number of hydrogen-bond donors (Lipinski definition) is 1. The molecule has 0 saturated heterocycles. The highest BCUT2D eigenvalue weighted by atomic mass is 32.2. The number of anilines is 1. The number of nitrogens with zero attached hydrogens (tertiary/aromatic N) is 3. The van der Waals surface area contributed by atoms with Crippen LogP contribution < -0.4 is 4.72 Å². The standard InChI is InChI=1S/C18H22N4O2S/c1-12-16-10-14(11-19-17(16)22(5)20-12)21-25(23,24)15-8-6-13(7-9-15)18(2,3)4/h6-11,21H,1-5H3. The molecular formula is C18H22N4O2S. The van der Waals surface area contributed by atoms with Gasteiger partial charge in [-0.15, -0.1) is 0 Å². The lowest BCUT2D eigenvalue weighted by atomic mass is 9.87. The quantitative estimate of drug-likeness (QED) is 0.779. The van der Waals surface area contributed by atoms with Crippen LogP contribution >= 0.6 is 0 Å². The lowest BCUT2D eigenvalue weighted by molar-refractivity contribution is 0.587. The van der Waals surface area contributed by atoms with Gasteiger partial charge in [-0.3, -0.25) is 9.40 Å². The zero-order valence-electron chi connectivity index (χ0n) is 15.0. The van der Waals surface area contributed by atoms with E-state index < -0.39 is 10.0 Å². The van der Waals surface area contributed by atoms with Crippen molar-refractivity contribution in [2.45, 2.75) is 38.0 Å². The molecule has 0 atom stereocenters. The molecule has 132 valence electrons. The van der Waals surface area contributed by atoms with Crippen LogP contribution in [0.4, 0.5) is 5.69 Å². The van der Waals surface area contributed by atoms with Crippen LogP contribution in [0, 0.1) is 6.92 Å². The van der Waals surface area contributed by atoms with Crippen LogP contribution in [-0.4, -0.2) is 23.2 Å². The number of sulfonamides is 1. The van der Waals surface area contributed by atoms with Gasteiger partial charge in [0.25, 0.3) is 10.0 Å². The van der Waals surface area contributed by atoms with Crippen molar-refractivity contribution in [3.63, 3.8) is 0 Å². The third-order valence-corrected chi connectivity index (χ3v) is 5.54. The summed E-state index contributed by atoms with van der Waals surface area (Å²) in [6, 6.07) is 8.71.